The highest BCUT2D eigenvalue weighted by Gasteiger charge is 2.18. The van der Waals surface area contributed by atoms with Crippen molar-refractivity contribution in [1.82, 2.24) is 19.6 Å². The molecule has 1 aliphatic carbocycles. The van der Waals surface area contributed by atoms with Crippen LogP contribution in [0.5, 0.6) is 0 Å². The van der Waals surface area contributed by atoms with E-state index >= 15 is 0 Å². The van der Waals surface area contributed by atoms with Crippen molar-refractivity contribution in [2.75, 3.05) is 5.73 Å². The van der Waals surface area contributed by atoms with E-state index in [1.165, 1.54) is 11.1 Å². The maximum Gasteiger partial charge on any atom is 0.220 e. The van der Waals surface area contributed by atoms with E-state index in [4.69, 9.17) is 5.73 Å². The molecule has 3 heterocycles. The Labute approximate surface area is 115 Å². The van der Waals surface area contributed by atoms with Crippen LogP contribution in [0.15, 0.2) is 36.8 Å². The Kier molecular flexibility index (Phi) is 2.18. The van der Waals surface area contributed by atoms with Gasteiger partial charge in [-0.2, -0.15) is 5.10 Å². The summed E-state index contributed by atoms with van der Waals surface area (Å²) >= 11 is 0. The largest absolute Gasteiger partial charge is 0.368 e. The molecule has 3 aromatic heterocycles. The van der Waals surface area contributed by atoms with Gasteiger partial charge in [-0.3, -0.25) is 0 Å². The smallest absolute Gasteiger partial charge is 0.220 e. The molecule has 20 heavy (non-hydrogen) atoms. The van der Waals surface area contributed by atoms with Crippen LogP contribution in [-0.2, 0) is 6.42 Å². The van der Waals surface area contributed by atoms with Gasteiger partial charge in [0.15, 0.2) is 0 Å². The first-order valence-electron chi connectivity index (χ1n) is 6.48. The molecule has 0 saturated heterocycles. The minimum atomic E-state index is 0.334. The Morgan fingerprint density at radius 1 is 1.30 bits per heavy atom. The summed E-state index contributed by atoms with van der Waals surface area (Å²) in [5.74, 6) is 0.334. The normalized spacial score (nSPS) is 13.6. The molecule has 0 bridgehead atoms. The zero-order chi connectivity index (χ0) is 13.7. The van der Waals surface area contributed by atoms with Crippen LogP contribution in [0.3, 0.4) is 0 Å². The van der Waals surface area contributed by atoms with E-state index in [9.17, 15) is 0 Å². The number of nitrogens with two attached hydrogens (primary N) is 1. The van der Waals surface area contributed by atoms with E-state index in [0.717, 1.165) is 28.8 Å². The highest BCUT2D eigenvalue weighted by molar-refractivity contribution is 5.85. The molecule has 3 aromatic rings. The van der Waals surface area contributed by atoms with E-state index in [2.05, 4.69) is 40.2 Å². The van der Waals surface area contributed by atoms with Gasteiger partial charge in [-0.05, 0) is 35.8 Å². The fraction of sp³-hybridized carbons (Fsp3) is 0.133. The standard InChI is InChI=1S/C15H13N5/c1-9-7-18-20-5-4-10(6-14(9)20)11-2-3-13-12(11)8-17-15(16)19-13/h2,4-8H,3H2,1H3,(H2,16,17,19). The molecule has 5 nitrogen and oxygen atoms in total. The molecule has 0 fully saturated rings. The number of allylic oxidation sites excluding steroid dienone is 1. The third-order valence-corrected chi connectivity index (χ3v) is 3.70. The second kappa shape index (κ2) is 3.90. The van der Waals surface area contributed by atoms with Crippen molar-refractivity contribution in [1.29, 1.82) is 0 Å². The van der Waals surface area contributed by atoms with Crippen molar-refractivity contribution in [2.24, 2.45) is 0 Å². The van der Waals surface area contributed by atoms with Gasteiger partial charge in [0, 0.05) is 24.4 Å². The first-order chi connectivity index (χ1) is 9.72. The van der Waals surface area contributed by atoms with Gasteiger partial charge in [-0.1, -0.05) is 6.08 Å². The molecular weight excluding hydrogens is 250 g/mol. The molecular formula is C15H13N5. The highest BCUT2D eigenvalue weighted by Crippen LogP contribution is 2.32. The molecule has 0 unspecified atom stereocenters. The predicted molar refractivity (Wildman–Crippen MR) is 77.2 cm³/mol. The van der Waals surface area contributed by atoms with Crippen molar-refractivity contribution in [3.63, 3.8) is 0 Å². The number of fused-ring (bicyclic) bond motifs is 2. The quantitative estimate of drug-likeness (QED) is 0.729. The number of aromatic nitrogens is 4. The van der Waals surface area contributed by atoms with Crippen LogP contribution < -0.4 is 5.73 Å². The first kappa shape index (κ1) is 11.2. The summed E-state index contributed by atoms with van der Waals surface area (Å²) in [5.41, 5.74) is 12.3. The Morgan fingerprint density at radius 3 is 3.10 bits per heavy atom. The number of hydrogen-bond donors (Lipinski definition) is 1. The van der Waals surface area contributed by atoms with Crippen molar-refractivity contribution in [3.8, 4) is 0 Å². The SMILES string of the molecule is Cc1cnn2ccc(C3=CCc4nc(N)ncc43)cc12. The molecule has 5 heteroatoms. The van der Waals surface area contributed by atoms with E-state index in [0.29, 0.717) is 5.95 Å². The first-order valence-corrected chi connectivity index (χ1v) is 6.48. The van der Waals surface area contributed by atoms with Crippen molar-refractivity contribution >= 4 is 17.0 Å². The summed E-state index contributed by atoms with van der Waals surface area (Å²) in [4.78, 5) is 8.40. The molecule has 0 aliphatic heterocycles. The summed E-state index contributed by atoms with van der Waals surface area (Å²) in [5, 5.41) is 4.30. The summed E-state index contributed by atoms with van der Waals surface area (Å²) in [6, 6.07) is 4.22. The number of hydrogen-bond acceptors (Lipinski definition) is 4. The molecule has 4 rings (SSSR count). The third kappa shape index (κ3) is 1.53. The minimum Gasteiger partial charge on any atom is -0.368 e. The van der Waals surface area contributed by atoms with Gasteiger partial charge >= 0.3 is 0 Å². The van der Waals surface area contributed by atoms with E-state index < -0.39 is 0 Å². The van der Waals surface area contributed by atoms with Crippen LogP contribution in [0.1, 0.15) is 22.4 Å². The second-order valence-corrected chi connectivity index (χ2v) is 4.98. The van der Waals surface area contributed by atoms with Gasteiger partial charge in [0.05, 0.1) is 17.4 Å². The van der Waals surface area contributed by atoms with Gasteiger partial charge in [-0.25, -0.2) is 14.5 Å². The average Bonchev–Trinajstić information content (AvgIpc) is 3.02. The maximum atomic E-state index is 5.64. The van der Waals surface area contributed by atoms with Gasteiger partial charge in [0.25, 0.3) is 0 Å². The number of aryl methyl sites for hydroxylation is 1. The average molecular weight is 263 g/mol. The monoisotopic (exact) mass is 263 g/mol. The van der Waals surface area contributed by atoms with Crippen LogP contribution in [0.25, 0.3) is 11.1 Å². The van der Waals surface area contributed by atoms with Gasteiger partial charge in [-0.15, -0.1) is 0 Å². The van der Waals surface area contributed by atoms with Gasteiger partial charge in [0.2, 0.25) is 5.95 Å². The van der Waals surface area contributed by atoms with Crippen molar-refractivity contribution in [2.45, 2.75) is 13.3 Å². The van der Waals surface area contributed by atoms with Crippen LogP contribution in [-0.4, -0.2) is 19.6 Å². The van der Waals surface area contributed by atoms with Crippen LogP contribution in [0, 0.1) is 6.92 Å². The van der Waals surface area contributed by atoms with E-state index in [1.807, 2.05) is 23.1 Å². The molecule has 98 valence electrons. The van der Waals surface area contributed by atoms with Crippen molar-refractivity contribution in [3.05, 3.63) is 59.2 Å². The van der Waals surface area contributed by atoms with Gasteiger partial charge in [0.1, 0.15) is 0 Å². The molecule has 0 spiro atoms. The minimum absolute atomic E-state index is 0.334. The van der Waals surface area contributed by atoms with Crippen LogP contribution in [0.4, 0.5) is 5.95 Å². The van der Waals surface area contributed by atoms with Crippen LogP contribution >= 0.6 is 0 Å². The molecule has 1 aliphatic rings. The van der Waals surface area contributed by atoms with Gasteiger partial charge < -0.3 is 5.73 Å². The lowest BCUT2D eigenvalue weighted by Gasteiger charge is -2.06. The fourth-order valence-corrected chi connectivity index (χ4v) is 2.67. The summed E-state index contributed by atoms with van der Waals surface area (Å²) in [6.07, 6.45) is 8.65. The van der Waals surface area contributed by atoms with E-state index in [1.54, 1.807) is 0 Å². The maximum absolute atomic E-state index is 5.64. The number of rotatable bonds is 1. The lowest BCUT2D eigenvalue weighted by atomic mass is 10.0. The molecule has 0 amide bonds. The third-order valence-electron chi connectivity index (χ3n) is 3.70. The number of anilines is 1. The Balaban J connectivity index is 1.87. The summed E-state index contributed by atoms with van der Waals surface area (Å²) in [7, 11) is 0. The Morgan fingerprint density at radius 2 is 2.20 bits per heavy atom. The number of nitrogen functional groups attached to an aromatic ring is 1. The predicted octanol–water partition coefficient (Wildman–Crippen LogP) is 2.00. The van der Waals surface area contributed by atoms with E-state index in [-0.39, 0.29) is 0 Å². The summed E-state index contributed by atoms with van der Waals surface area (Å²) < 4.78 is 1.88. The molecule has 0 aromatic carbocycles. The molecule has 2 N–H and O–H groups in total. The van der Waals surface area contributed by atoms with Crippen molar-refractivity contribution < 1.29 is 0 Å². The Bertz CT molecular complexity index is 860. The molecule has 0 atom stereocenters. The number of nitrogens with zero attached hydrogens (tertiary/aromatic N) is 4. The lowest BCUT2D eigenvalue weighted by Crippen LogP contribution is -1.99. The zero-order valence-corrected chi connectivity index (χ0v) is 11.0. The zero-order valence-electron chi connectivity index (χ0n) is 11.0. The Hall–Kier alpha value is -2.69. The lowest BCUT2D eigenvalue weighted by molar-refractivity contribution is 0.960. The van der Waals surface area contributed by atoms with Crippen LogP contribution in [0.2, 0.25) is 0 Å². The topological polar surface area (TPSA) is 69.1 Å². The highest BCUT2D eigenvalue weighted by atomic mass is 15.2. The molecule has 0 radical (unpaired) electrons. The summed E-state index contributed by atoms with van der Waals surface area (Å²) in [6.45, 7) is 2.06. The number of pyridine rings is 1. The fourth-order valence-electron chi connectivity index (χ4n) is 2.67. The second-order valence-electron chi connectivity index (χ2n) is 4.98. The molecule has 0 saturated carbocycles.